The minimum atomic E-state index is 0.517. The molecule has 0 amide bonds. The maximum absolute atomic E-state index is 5.78. The number of ether oxygens (including phenoxy) is 2. The zero-order valence-electron chi connectivity index (χ0n) is 11.0. The molecule has 2 N–H and O–H groups in total. The van der Waals surface area contributed by atoms with Gasteiger partial charge in [-0.15, -0.1) is 0 Å². The first-order valence-corrected chi connectivity index (χ1v) is 6.21. The summed E-state index contributed by atoms with van der Waals surface area (Å²) in [4.78, 5) is 0. The van der Waals surface area contributed by atoms with Gasteiger partial charge in [0.25, 0.3) is 0 Å². The normalized spacial score (nSPS) is 12.2. The van der Waals surface area contributed by atoms with Gasteiger partial charge in [0.2, 0.25) is 0 Å². The Morgan fingerprint density at radius 3 is 2.65 bits per heavy atom. The lowest BCUT2D eigenvalue weighted by Gasteiger charge is -2.15. The van der Waals surface area contributed by atoms with Gasteiger partial charge >= 0.3 is 0 Å². The van der Waals surface area contributed by atoms with Crippen molar-refractivity contribution in [2.45, 2.75) is 33.2 Å². The summed E-state index contributed by atoms with van der Waals surface area (Å²) in [5.41, 5.74) is 6.64. The van der Waals surface area contributed by atoms with Crippen molar-refractivity contribution in [3.63, 3.8) is 0 Å². The molecule has 1 unspecified atom stereocenters. The minimum Gasteiger partial charge on any atom is -0.493 e. The maximum atomic E-state index is 5.78. The molecule has 1 aromatic carbocycles. The van der Waals surface area contributed by atoms with Crippen LogP contribution in [0.15, 0.2) is 18.2 Å². The summed E-state index contributed by atoms with van der Waals surface area (Å²) in [5, 5.41) is 0. The summed E-state index contributed by atoms with van der Waals surface area (Å²) < 4.78 is 11.1. The van der Waals surface area contributed by atoms with E-state index < -0.39 is 0 Å². The predicted octanol–water partition coefficient (Wildman–Crippen LogP) is 2.97. The predicted molar refractivity (Wildman–Crippen MR) is 70.5 cm³/mol. The lowest BCUT2D eigenvalue weighted by molar-refractivity contribution is 0.240. The highest BCUT2D eigenvalue weighted by atomic mass is 16.5. The molecule has 1 aromatic rings. The zero-order chi connectivity index (χ0) is 12.7. The molecule has 0 bridgehead atoms. The van der Waals surface area contributed by atoms with Crippen LogP contribution in [-0.4, -0.2) is 13.7 Å². The Hall–Kier alpha value is -1.22. The summed E-state index contributed by atoms with van der Waals surface area (Å²) in [6, 6.07) is 5.84. The van der Waals surface area contributed by atoms with E-state index in [0.29, 0.717) is 12.5 Å². The van der Waals surface area contributed by atoms with Gasteiger partial charge in [0.1, 0.15) is 0 Å². The molecular weight excluding hydrogens is 214 g/mol. The van der Waals surface area contributed by atoms with Gasteiger partial charge in [-0.1, -0.05) is 26.3 Å². The summed E-state index contributed by atoms with van der Waals surface area (Å²) in [6.45, 7) is 5.63. The van der Waals surface area contributed by atoms with Crippen LogP contribution in [-0.2, 0) is 6.54 Å². The molecule has 1 rings (SSSR count). The Kier molecular flexibility index (Phi) is 5.84. The van der Waals surface area contributed by atoms with Gasteiger partial charge in [0.05, 0.1) is 13.7 Å². The first-order chi connectivity index (χ1) is 8.21. The highest BCUT2D eigenvalue weighted by Crippen LogP contribution is 2.28. The van der Waals surface area contributed by atoms with E-state index in [0.717, 1.165) is 23.7 Å². The van der Waals surface area contributed by atoms with Crippen LogP contribution in [0.5, 0.6) is 11.5 Å². The second-order valence-corrected chi connectivity index (χ2v) is 4.39. The number of rotatable bonds is 7. The molecular formula is C14H23NO2. The lowest BCUT2D eigenvalue weighted by Crippen LogP contribution is -2.09. The van der Waals surface area contributed by atoms with Crippen LogP contribution in [0.3, 0.4) is 0 Å². The Morgan fingerprint density at radius 2 is 2.06 bits per heavy atom. The van der Waals surface area contributed by atoms with Crippen LogP contribution in [0.4, 0.5) is 0 Å². The molecule has 0 radical (unpaired) electrons. The van der Waals surface area contributed by atoms with Crippen LogP contribution in [0.1, 0.15) is 32.3 Å². The third-order valence-electron chi connectivity index (χ3n) is 2.77. The standard InChI is InChI=1S/C14H23NO2/c1-4-5-11(2)10-17-13-7-6-12(9-15)8-14(13)16-3/h6-8,11H,4-5,9-10,15H2,1-3H3. The van der Waals surface area contributed by atoms with Crippen LogP contribution >= 0.6 is 0 Å². The molecule has 0 saturated carbocycles. The zero-order valence-corrected chi connectivity index (χ0v) is 11.0. The minimum absolute atomic E-state index is 0.517. The van der Waals surface area contributed by atoms with E-state index in [1.54, 1.807) is 7.11 Å². The second-order valence-electron chi connectivity index (χ2n) is 4.39. The van der Waals surface area contributed by atoms with Crippen molar-refractivity contribution in [3.05, 3.63) is 23.8 Å². The Balaban J connectivity index is 2.63. The molecule has 3 nitrogen and oxygen atoms in total. The Labute approximate surface area is 104 Å². The average Bonchev–Trinajstić information content (AvgIpc) is 2.36. The SMILES string of the molecule is CCCC(C)COc1ccc(CN)cc1OC. The molecule has 0 aliphatic rings. The van der Waals surface area contributed by atoms with Gasteiger partial charge in [0, 0.05) is 6.54 Å². The Bertz CT molecular complexity index is 339. The first kappa shape index (κ1) is 13.8. The quantitative estimate of drug-likeness (QED) is 0.793. The fraction of sp³-hybridized carbons (Fsp3) is 0.571. The topological polar surface area (TPSA) is 44.5 Å². The Morgan fingerprint density at radius 1 is 1.29 bits per heavy atom. The lowest BCUT2D eigenvalue weighted by atomic mass is 10.1. The van der Waals surface area contributed by atoms with Gasteiger partial charge < -0.3 is 15.2 Å². The smallest absolute Gasteiger partial charge is 0.161 e. The number of nitrogens with two attached hydrogens (primary N) is 1. The van der Waals surface area contributed by atoms with E-state index in [2.05, 4.69) is 13.8 Å². The molecule has 0 aliphatic heterocycles. The molecule has 3 heteroatoms. The molecule has 96 valence electrons. The van der Waals surface area contributed by atoms with Crippen molar-refractivity contribution in [3.8, 4) is 11.5 Å². The molecule has 0 spiro atoms. The number of benzene rings is 1. The van der Waals surface area contributed by atoms with Crippen molar-refractivity contribution in [1.29, 1.82) is 0 Å². The molecule has 0 heterocycles. The van der Waals surface area contributed by atoms with Crippen LogP contribution in [0.2, 0.25) is 0 Å². The fourth-order valence-corrected chi connectivity index (χ4v) is 1.77. The summed E-state index contributed by atoms with van der Waals surface area (Å²) in [7, 11) is 1.65. The van der Waals surface area contributed by atoms with Crippen LogP contribution in [0.25, 0.3) is 0 Å². The third-order valence-corrected chi connectivity index (χ3v) is 2.77. The number of hydrogen-bond acceptors (Lipinski definition) is 3. The second kappa shape index (κ2) is 7.17. The first-order valence-electron chi connectivity index (χ1n) is 6.21. The van der Waals surface area contributed by atoms with Crippen molar-refractivity contribution in [1.82, 2.24) is 0 Å². The highest BCUT2D eigenvalue weighted by molar-refractivity contribution is 5.42. The van der Waals surface area contributed by atoms with E-state index in [9.17, 15) is 0 Å². The monoisotopic (exact) mass is 237 g/mol. The summed E-state index contributed by atoms with van der Waals surface area (Å²) >= 11 is 0. The van der Waals surface area contributed by atoms with Gasteiger partial charge in [-0.2, -0.15) is 0 Å². The van der Waals surface area contributed by atoms with Crippen LogP contribution < -0.4 is 15.2 Å². The molecule has 0 aromatic heterocycles. The van der Waals surface area contributed by atoms with E-state index >= 15 is 0 Å². The molecule has 1 atom stereocenters. The summed E-state index contributed by atoms with van der Waals surface area (Å²) in [6.07, 6.45) is 2.37. The molecule has 0 aliphatic carbocycles. The van der Waals surface area contributed by atoms with Gasteiger partial charge in [0.15, 0.2) is 11.5 Å². The van der Waals surface area contributed by atoms with E-state index in [1.165, 1.54) is 12.8 Å². The maximum Gasteiger partial charge on any atom is 0.161 e. The van der Waals surface area contributed by atoms with Crippen molar-refractivity contribution in [2.75, 3.05) is 13.7 Å². The molecule has 0 saturated heterocycles. The van der Waals surface area contributed by atoms with E-state index in [4.69, 9.17) is 15.2 Å². The fourth-order valence-electron chi connectivity index (χ4n) is 1.77. The van der Waals surface area contributed by atoms with Crippen LogP contribution in [0, 0.1) is 5.92 Å². The highest BCUT2D eigenvalue weighted by Gasteiger charge is 2.07. The average molecular weight is 237 g/mol. The van der Waals surface area contributed by atoms with Crippen molar-refractivity contribution < 1.29 is 9.47 Å². The summed E-state index contributed by atoms with van der Waals surface area (Å²) in [5.74, 6) is 2.13. The van der Waals surface area contributed by atoms with Crippen molar-refractivity contribution >= 4 is 0 Å². The third kappa shape index (κ3) is 4.27. The van der Waals surface area contributed by atoms with Gasteiger partial charge in [-0.05, 0) is 30.0 Å². The number of hydrogen-bond donors (Lipinski definition) is 1. The van der Waals surface area contributed by atoms with Gasteiger partial charge in [-0.25, -0.2) is 0 Å². The number of methoxy groups -OCH3 is 1. The van der Waals surface area contributed by atoms with E-state index in [-0.39, 0.29) is 0 Å². The van der Waals surface area contributed by atoms with Gasteiger partial charge in [-0.3, -0.25) is 0 Å². The molecule has 17 heavy (non-hydrogen) atoms. The van der Waals surface area contributed by atoms with E-state index in [1.807, 2.05) is 18.2 Å². The largest absolute Gasteiger partial charge is 0.493 e. The van der Waals surface area contributed by atoms with Crippen molar-refractivity contribution in [2.24, 2.45) is 11.7 Å². The molecule has 0 fully saturated rings.